The minimum Gasteiger partial charge on any atom is -0.506 e. The summed E-state index contributed by atoms with van der Waals surface area (Å²) in [7, 11) is 0. The molecule has 20 heavy (non-hydrogen) atoms. The van der Waals surface area contributed by atoms with Gasteiger partial charge < -0.3 is 9.63 Å². The molecule has 0 bridgehead atoms. The first-order valence-corrected chi connectivity index (χ1v) is 6.32. The molecule has 0 spiro atoms. The Kier molecular flexibility index (Phi) is 3.30. The van der Waals surface area contributed by atoms with Crippen LogP contribution < -0.4 is 0 Å². The van der Waals surface area contributed by atoms with Crippen molar-refractivity contribution in [1.82, 2.24) is 15.1 Å². The molecule has 0 aliphatic rings. The van der Waals surface area contributed by atoms with Gasteiger partial charge in [-0.25, -0.2) is 0 Å². The van der Waals surface area contributed by atoms with Gasteiger partial charge in [0.05, 0.1) is 11.8 Å². The SMILES string of the molecule is Oc1cncc(-c2nc(-c3cc(Cl)cc(Cl)c3)no2)c1. The molecule has 0 saturated heterocycles. The summed E-state index contributed by atoms with van der Waals surface area (Å²) in [5.41, 5.74) is 1.17. The van der Waals surface area contributed by atoms with Crippen molar-refractivity contribution in [1.29, 1.82) is 0 Å². The molecule has 7 heteroatoms. The number of aromatic nitrogens is 3. The topological polar surface area (TPSA) is 72.0 Å². The molecule has 0 unspecified atom stereocenters. The van der Waals surface area contributed by atoms with E-state index in [0.29, 0.717) is 27.0 Å². The third kappa shape index (κ3) is 2.59. The average Bonchev–Trinajstić information content (AvgIpc) is 2.87. The fourth-order valence-electron chi connectivity index (χ4n) is 1.69. The van der Waals surface area contributed by atoms with Gasteiger partial charge >= 0.3 is 0 Å². The van der Waals surface area contributed by atoms with Crippen LogP contribution >= 0.6 is 23.2 Å². The van der Waals surface area contributed by atoms with Gasteiger partial charge in [-0.05, 0) is 24.3 Å². The summed E-state index contributed by atoms with van der Waals surface area (Å²) >= 11 is 11.9. The molecule has 0 fully saturated rings. The lowest BCUT2D eigenvalue weighted by Gasteiger charge is -1.97. The lowest BCUT2D eigenvalue weighted by Crippen LogP contribution is -1.83. The van der Waals surface area contributed by atoms with E-state index in [2.05, 4.69) is 15.1 Å². The van der Waals surface area contributed by atoms with Crippen LogP contribution in [0.4, 0.5) is 0 Å². The van der Waals surface area contributed by atoms with Crippen LogP contribution in [-0.4, -0.2) is 20.2 Å². The molecule has 0 radical (unpaired) electrons. The first-order chi connectivity index (χ1) is 9.61. The maximum absolute atomic E-state index is 9.38. The number of benzene rings is 1. The molecule has 0 saturated carbocycles. The number of pyridine rings is 1. The Morgan fingerprint density at radius 1 is 0.950 bits per heavy atom. The molecule has 0 amide bonds. The van der Waals surface area contributed by atoms with Crippen molar-refractivity contribution < 1.29 is 9.63 Å². The number of hydrogen-bond acceptors (Lipinski definition) is 5. The Morgan fingerprint density at radius 2 is 1.70 bits per heavy atom. The second-order valence-electron chi connectivity index (χ2n) is 4.01. The van der Waals surface area contributed by atoms with E-state index in [1.807, 2.05) is 0 Å². The Balaban J connectivity index is 2.02. The highest BCUT2D eigenvalue weighted by molar-refractivity contribution is 6.35. The maximum atomic E-state index is 9.38. The lowest BCUT2D eigenvalue weighted by atomic mass is 10.2. The van der Waals surface area contributed by atoms with E-state index in [0.717, 1.165) is 0 Å². The van der Waals surface area contributed by atoms with E-state index >= 15 is 0 Å². The van der Waals surface area contributed by atoms with Crippen LogP contribution in [0.2, 0.25) is 10.0 Å². The largest absolute Gasteiger partial charge is 0.506 e. The van der Waals surface area contributed by atoms with Gasteiger partial charge in [0, 0.05) is 21.8 Å². The normalized spacial score (nSPS) is 10.7. The highest BCUT2D eigenvalue weighted by Gasteiger charge is 2.12. The lowest BCUT2D eigenvalue weighted by molar-refractivity contribution is 0.431. The van der Waals surface area contributed by atoms with E-state index in [9.17, 15) is 5.11 Å². The molecule has 3 rings (SSSR count). The van der Waals surface area contributed by atoms with Crippen molar-refractivity contribution in [2.75, 3.05) is 0 Å². The zero-order chi connectivity index (χ0) is 14.1. The monoisotopic (exact) mass is 307 g/mol. The predicted molar refractivity (Wildman–Crippen MR) is 74.6 cm³/mol. The maximum Gasteiger partial charge on any atom is 0.259 e. The van der Waals surface area contributed by atoms with Crippen LogP contribution in [0.1, 0.15) is 0 Å². The molecule has 0 aliphatic carbocycles. The molecule has 5 nitrogen and oxygen atoms in total. The third-order valence-electron chi connectivity index (χ3n) is 2.52. The van der Waals surface area contributed by atoms with Gasteiger partial charge in [0.25, 0.3) is 5.89 Å². The number of rotatable bonds is 2. The Morgan fingerprint density at radius 3 is 2.40 bits per heavy atom. The molecular weight excluding hydrogens is 301 g/mol. The zero-order valence-corrected chi connectivity index (χ0v) is 11.4. The Hall–Kier alpha value is -2.11. The molecular formula is C13H7Cl2N3O2. The minimum atomic E-state index is 0.0213. The summed E-state index contributed by atoms with van der Waals surface area (Å²) in [6, 6.07) is 6.47. The molecule has 1 N–H and O–H groups in total. The second-order valence-corrected chi connectivity index (χ2v) is 4.89. The van der Waals surface area contributed by atoms with Crippen molar-refractivity contribution in [3.63, 3.8) is 0 Å². The number of aromatic hydroxyl groups is 1. The number of halogens is 2. The first kappa shape index (κ1) is 12.9. The van der Waals surface area contributed by atoms with Crippen molar-refractivity contribution in [3.8, 4) is 28.6 Å². The standard InChI is InChI=1S/C13H7Cl2N3O2/c14-9-1-7(2-10(15)4-9)12-17-13(20-18-12)8-3-11(19)6-16-5-8/h1-6,19H. The number of hydrogen-bond donors (Lipinski definition) is 1. The minimum absolute atomic E-state index is 0.0213. The van der Waals surface area contributed by atoms with Crippen LogP contribution in [0.3, 0.4) is 0 Å². The zero-order valence-electron chi connectivity index (χ0n) is 9.92. The molecule has 0 atom stereocenters. The van der Waals surface area contributed by atoms with Crippen LogP contribution in [0, 0.1) is 0 Å². The van der Waals surface area contributed by atoms with E-state index < -0.39 is 0 Å². The van der Waals surface area contributed by atoms with Crippen molar-refractivity contribution in [3.05, 3.63) is 46.7 Å². The smallest absolute Gasteiger partial charge is 0.259 e. The van der Waals surface area contributed by atoms with Gasteiger partial charge in [-0.1, -0.05) is 28.4 Å². The summed E-state index contributed by atoms with van der Waals surface area (Å²) < 4.78 is 5.14. The van der Waals surface area contributed by atoms with Gasteiger partial charge in [-0.2, -0.15) is 4.98 Å². The average molecular weight is 308 g/mol. The summed E-state index contributed by atoms with van der Waals surface area (Å²) in [5, 5.41) is 14.2. The highest BCUT2D eigenvalue weighted by atomic mass is 35.5. The van der Waals surface area contributed by atoms with Crippen molar-refractivity contribution >= 4 is 23.2 Å². The summed E-state index contributed by atoms with van der Waals surface area (Å²) in [4.78, 5) is 8.08. The first-order valence-electron chi connectivity index (χ1n) is 5.56. The van der Waals surface area contributed by atoms with E-state index in [4.69, 9.17) is 27.7 Å². The van der Waals surface area contributed by atoms with Crippen LogP contribution in [0.15, 0.2) is 41.2 Å². The second kappa shape index (κ2) is 5.11. The number of nitrogens with zero attached hydrogens (tertiary/aromatic N) is 3. The van der Waals surface area contributed by atoms with Gasteiger partial charge in [0.2, 0.25) is 5.82 Å². The molecule has 2 heterocycles. The van der Waals surface area contributed by atoms with E-state index in [1.54, 1.807) is 18.2 Å². The summed E-state index contributed by atoms with van der Waals surface area (Å²) in [6.45, 7) is 0. The summed E-state index contributed by atoms with van der Waals surface area (Å²) in [5.74, 6) is 0.625. The van der Waals surface area contributed by atoms with Gasteiger partial charge in [-0.15, -0.1) is 0 Å². The van der Waals surface area contributed by atoms with Crippen molar-refractivity contribution in [2.45, 2.75) is 0 Å². The summed E-state index contributed by atoms with van der Waals surface area (Å²) in [6.07, 6.45) is 2.83. The molecule has 1 aromatic carbocycles. The van der Waals surface area contributed by atoms with Crippen LogP contribution in [0.25, 0.3) is 22.8 Å². The van der Waals surface area contributed by atoms with E-state index in [-0.39, 0.29) is 11.6 Å². The Labute approximate surface area is 123 Å². The quantitative estimate of drug-likeness (QED) is 0.779. The molecule has 0 aliphatic heterocycles. The van der Waals surface area contributed by atoms with Crippen molar-refractivity contribution in [2.24, 2.45) is 0 Å². The van der Waals surface area contributed by atoms with Crippen LogP contribution in [-0.2, 0) is 0 Å². The molecule has 2 aromatic heterocycles. The molecule has 100 valence electrons. The van der Waals surface area contributed by atoms with E-state index in [1.165, 1.54) is 18.5 Å². The van der Waals surface area contributed by atoms with Gasteiger partial charge in [0.15, 0.2) is 0 Å². The van der Waals surface area contributed by atoms with Gasteiger partial charge in [-0.3, -0.25) is 4.98 Å². The highest BCUT2D eigenvalue weighted by Crippen LogP contribution is 2.27. The molecule has 3 aromatic rings. The third-order valence-corrected chi connectivity index (χ3v) is 2.95. The fourth-order valence-corrected chi connectivity index (χ4v) is 2.21. The van der Waals surface area contributed by atoms with Crippen LogP contribution in [0.5, 0.6) is 5.75 Å². The predicted octanol–water partition coefficient (Wildman–Crippen LogP) is 3.81. The fraction of sp³-hybridized carbons (Fsp3) is 0. The Bertz CT molecular complexity index is 754. The van der Waals surface area contributed by atoms with Gasteiger partial charge in [0.1, 0.15) is 5.75 Å².